The van der Waals surface area contributed by atoms with Gasteiger partial charge in [-0.25, -0.2) is 9.89 Å². The third-order valence-corrected chi connectivity index (χ3v) is 5.42. The van der Waals surface area contributed by atoms with Gasteiger partial charge in [-0.2, -0.15) is 5.26 Å². The van der Waals surface area contributed by atoms with E-state index in [2.05, 4.69) is 23.2 Å². The van der Waals surface area contributed by atoms with Crippen LogP contribution in [0.2, 0.25) is 0 Å². The van der Waals surface area contributed by atoms with Crippen LogP contribution in [0.3, 0.4) is 0 Å². The van der Waals surface area contributed by atoms with E-state index in [-0.39, 0.29) is 16.9 Å². The molecule has 3 unspecified atom stereocenters. The number of thioether (sulfide) groups is 1. The molecule has 0 spiro atoms. The Morgan fingerprint density at radius 2 is 2.30 bits per heavy atom. The smallest absolute Gasteiger partial charge is 0.270 e. The molecule has 0 radical (unpaired) electrons. The quantitative estimate of drug-likeness (QED) is 0.906. The van der Waals surface area contributed by atoms with E-state index in [4.69, 9.17) is 0 Å². The molecule has 1 heterocycles. The number of rotatable bonds is 5. The summed E-state index contributed by atoms with van der Waals surface area (Å²) in [6, 6.07) is 2.43. The Morgan fingerprint density at radius 1 is 1.50 bits per heavy atom. The molecule has 0 aromatic carbocycles. The number of nitrogens with zero attached hydrogens (tertiary/aromatic N) is 3. The molecule has 1 N–H and O–H groups in total. The van der Waals surface area contributed by atoms with Crippen LogP contribution in [-0.4, -0.2) is 20.0 Å². The summed E-state index contributed by atoms with van der Waals surface area (Å²) in [5.74, 6) is 0.770. The van der Waals surface area contributed by atoms with Crippen LogP contribution in [0.5, 0.6) is 0 Å². The lowest BCUT2D eigenvalue weighted by molar-refractivity contribution is 0.316. The number of nitriles is 1. The first kappa shape index (κ1) is 15.2. The van der Waals surface area contributed by atoms with E-state index in [9.17, 15) is 10.1 Å². The maximum Gasteiger partial charge on any atom is 0.343 e. The van der Waals surface area contributed by atoms with E-state index in [1.165, 1.54) is 0 Å². The Morgan fingerprint density at radius 3 is 2.95 bits per heavy atom. The fourth-order valence-electron chi connectivity index (χ4n) is 2.81. The number of nitrogens with one attached hydrogen (secondary N) is 1. The van der Waals surface area contributed by atoms with Gasteiger partial charge in [-0.05, 0) is 31.6 Å². The predicted molar refractivity (Wildman–Crippen MR) is 79.5 cm³/mol. The third kappa shape index (κ3) is 3.26. The second-order valence-corrected chi connectivity index (χ2v) is 6.65. The number of H-pyrrole nitrogens is 1. The molecule has 2 rings (SSSR count). The minimum atomic E-state index is -0.147. The van der Waals surface area contributed by atoms with Crippen molar-refractivity contribution in [2.45, 2.75) is 62.9 Å². The van der Waals surface area contributed by atoms with Gasteiger partial charge in [-0.3, -0.25) is 4.57 Å². The molecular weight excluding hydrogens is 272 g/mol. The van der Waals surface area contributed by atoms with Gasteiger partial charge >= 0.3 is 5.69 Å². The van der Waals surface area contributed by atoms with Gasteiger partial charge in [0.15, 0.2) is 5.16 Å². The highest BCUT2D eigenvalue weighted by Gasteiger charge is 2.31. The zero-order valence-electron chi connectivity index (χ0n) is 12.1. The zero-order chi connectivity index (χ0) is 14.5. The van der Waals surface area contributed by atoms with Crippen molar-refractivity contribution in [3.8, 4) is 6.07 Å². The fourth-order valence-corrected chi connectivity index (χ4v) is 4.21. The SMILES string of the molecule is CCCn1c(SC2CC(CC)CCC2C#N)n[nH]c1=O. The van der Waals surface area contributed by atoms with E-state index in [1.54, 1.807) is 16.3 Å². The summed E-state index contributed by atoms with van der Waals surface area (Å²) in [4.78, 5) is 11.7. The highest BCUT2D eigenvalue weighted by molar-refractivity contribution is 7.99. The molecule has 1 saturated carbocycles. The molecule has 0 amide bonds. The summed E-state index contributed by atoms with van der Waals surface area (Å²) in [6.07, 6.45) is 5.23. The van der Waals surface area contributed by atoms with Gasteiger partial charge in [0.1, 0.15) is 0 Å². The van der Waals surface area contributed by atoms with Crippen molar-refractivity contribution >= 4 is 11.8 Å². The summed E-state index contributed by atoms with van der Waals surface area (Å²) in [6.45, 7) is 4.93. The van der Waals surface area contributed by atoms with Gasteiger partial charge in [0, 0.05) is 11.8 Å². The summed E-state index contributed by atoms with van der Waals surface area (Å²) >= 11 is 1.60. The van der Waals surface area contributed by atoms with Crippen molar-refractivity contribution in [2.24, 2.45) is 11.8 Å². The first-order valence-corrected chi connectivity index (χ1v) is 8.29. The predicted octanol–water partition coefficient (Wildman–Crippen LogP) is 2.79. The topological polar surface area (TPSA) is 74.5 Å². The molecule has 3 atom stereocenters. The molecule has 0 aliphatic heterocycles. The van der Waals surface area contributed by atoms with Crippen LogP contribution in [0, 0.1) is 23.2 Å². The molecule has 1 aromatic rings. The standard InChI is InChI=1S/C14H22N4OS/c1-3-7-18-13(19)16-17-14(18)20-12-8-10(4-2)5-6-11(12)9-15/h10-12H,3-8H2,1-2H3,(H,16,19). The minimum Gasteiger partial charge on any atom is -0.270 e. The molecule has 1 aliphatic rings. The minimum absolute atomic E-state index is 0.0738. The molecule has 1 aromatic heterocycles. The number of aromatic nitrogens is 3. The van der Waals surface area contributed by atoms with Gasteiger partial charge in [-0.1, -0.05) is 32.0 Å². The first-order valence-electron chi connectivity index (χ1n) is 7.41. The lowest BCUT2D eigenvalue weighted by Crippen LogP contribution is -2.27. The monoisotopic (exact) mass is 294 g/mol. The van der Waals surface area contributed by atoms with Gasteiger partial charge in [-0.15, -0.1) is 5.10 Å². The number of hydrogen-bond acceptors (Lipinski definition) is 4. The van der Waals surface area contributed by atoms with Crippen molar-refractivity contribution in [3.63, 3.8) is 0 Å². The second-order valence-electron chi connectivity index (χ2n) is 5.44. The average Bonchev–Trinajstić information content (AvgIpc) is 2.80. The Bertz CT molecular complexity index is 530. The largest absolute Gasteiger partial charge is 0.343 e. The average molecular weight is 294 g/mol. The molecular formula is C14H22N4OS. The zero-order valence-corrected chi connectivity index (χ0v) is 12.9. The maximum atomic E-state index is 11.7. The van der Waals surface area contributed by atoms with Crippen LogP contribution in [0.15, 0.2) is 9.95 Å². The van der Waals surface area contributed by atoms with E-state index >= 15 is 0 Å². The molecule has 20 heavy (non-hydrogen) atoms. The summed E-state index contributed by atoms with van der Waals surface area (Å²) < 4.78 is 1.69. The van der Waals surface area contributed by atoms with Crippen molar-refractivity contribution in [2.75, 3.05) is 0 Å². The Labute approximate surface area is 123 Å². The van der Waals surface area contributed by atoms with Crippen molar-refractivity contribution in [3.05, 3.63) is 10.5 Å². The lowest BCUT2D eigenvalue weighted by atomic mass is 9.81. The van der Waals surface area contributed by atoms with Crippen LogP contribution < -0.4 is 5.69 Å². The second kappa shape index (κ2) is 6.98. The van der Waals surface area contributed by atoms with Crippen molar-refractivity contribution in [1.29, 1.82) is 5.26 Å². The lowest BCUT2D eigenvalue weighted by Gasteiger charge is -2.31. The van der Waals surface area contributed by atoms with Gasteiger partial charge in [0.2, 0.25) is 0 Å². The van der Waals surface area contributed by atoms with Gasteiger partial charge < -0.3 is 0 Å². The number of aromatic amines is 1. The molecule has 1 aliphatic carbocycles. The van der Waals surface area contributed by atoms with Gasteiger partial charge in [0.25, 0.3) is 0 Å². The van der Waals surface area contributed by atoms with Crippen LogP contribution in [0.25, 0.3) is 0 Å². The fraction of sp³-hybridized carbons (Fsp3) is 0.786. The normalized spacial score (nSPS) is 26.4. The highest BCUT2D eigenvalue weighted by Crippen LogP contribution is 2.39. The van der Waals surface area contributed by atoms with Crippen LogP contribution >= 0.6 is 11.8 Å². The van der Waals surface area contributed by atoms with Crippen LogP contribution in [-0.2, 0) is 6.54 Å². The van der Waals surface area contributed by atoms with E-state index < -0.39 is 0 Å². The molecule has 5 nitrogen and oxygen atoms in total. The summed E-state index contributed by atoms with van der Waals surface area (Å²) in [5, 5.41) is 17.0. The van der Waals surface area contributed by atoms with E-state index in [0.29, 0.717) is 12.5 Å². The Balaban J connectivity index is 2.14. The third-order valence-electron chi connectivity index (χ3n) is 4.07. The molecule has 110 valence electrons. The Hall–Kier alpha value is -1.22. The van der Waals surface area contributed by atoms with E-state index in [1.807, 2.05) is 6.92 Å². The Kier molecular flexibility index (Phi) is 5.30. The highest BCUT2D eigenvalue weighted by atomic mass is 32.2. The molecule has 0 saturated heterocycles. The van der Waals surface area contributed by atoms with Crippen molar-refractivity contribution in [1.82, 2.24) is 14.8 Å². The first-order chi connectivity index (χ1) is 9.69. The summed E-state index contributed by atoms with van der Waals surface area (Å²) in [5.41, 5.74) is -0.147. The van der Waals surface area contributed by atoms with Crippen LogP contribution in [0.1, 0.15) is 46.0 Å². The number of hydrogen-bond donors (Lipinski definition) is 1. The summed E-state index contributed by atoms with van der Waals surface area (Å²) in [7, 11) is 0. The molecule has 1 fully saturated rings. The van der Waals surface area contributed by atoms with E-state index in [0.717, 1.165) is 37.3 Å². The molecule has 6 heteroatoms. The molecule has 0 bridgehead atoms. The van der Waals surface area contributed by atoms with Crippen molar-refractivity contribution < 1.29 is 0 Å². The van der Waals surface area contributed by atoms with Crippen LogP contribution in [0.4, 0.5) is 0 Å². The maximum absolute atomic E-state index is 11.7. The van der Waals surface area contributed by atoms with Gasteiger partial charge in [0.05, 0.1) is 12.0 Å².